The smallest absolute Gasteiger partial charge is 0.136 e. The molecule has 134 valence electrons. The Morgan fingerprint density at radius 2 is 1.83 bits per heavy atom. The lowest BCUT2D eigenvalue weighted by atomic mass is 9.95. The van der Waals surface area contributed by atoms with Gasteiger partial charge in [-0.2, -0.15) is 0 Å². The number of aromatic hydroxyl groups is 2. The number of rotatable bonds is 9. The summed E-state index contributed by atoms with van der Waals surface area (Å²) in [6.07, 6.45) is 10.4. The summed E-state index contributed by atoms with van der Waals surface area (Å²) in [6.45, 7) is 2.23. The van der Waals surface area contributed by atoms with Crippen molar-refractivity contribution in [1.29, 1.82) is 0 Å². The third-order valence-corrected chi connectivity index (χ3v) is 4.40. The molecule has 1 aliphatic rings. The molecule has 24 heavy (non-hydrogen) atoms. The van der Waals surface area contributed by atoms with Gasteiger partial charge in [-0.3, -0.25) is 0 Å². The summed E-state index contributed by atoms with van der Waals surface area (Å²) in [5.74, 6) is 0.428. The van der Waals surface area contributed by atoms with Gasteiger partial charge in [0.15, 0.2) is 0 Å². The van der Waals surface area contributed by atoms with Gasteiger partial charge < -0.3 is 19.8 Å². The number of fused-ring (bicyclic) bond motifs is 1. The Labute approximate surface area is 144 Å². The minimum absolute atomic E-state index is 0.00300. The molecular weight excluding hydrogens is 306 g/mol. The Hall–Kier alpha value is -1.91. The van der Waals surface area contributed by atoms with Crippen LogP contribution in [0.15, 0.2) is 17.3 Å². The molecule has 0 fully saturated rings. The second-order valence-electron chi connectivity index (χ2n) is 6.41. The average molecular weight is 335 g/mol. The molecule has 1 heterocycles. The largest absolute Gasteiger partial charge is 0.508 e. The van der Waals surface area contributed by atoms with Gasteiger partial charge in [0.25, 0.3) is 0 Å². The monoisotopic (exact) mass is 335 g/mol. The number of oxime groups is 1. The Kier molecular flexibility index (Phi) is 7.22. The van der Waals surface area contributed by atoms with E-state index in [1.54, 1.807) is 0 Å². The summed E-state index contributed by atoms with van der Waals surface area (Å²) in [6, 6.07) is 2.82. The third kappa shape index (κ3) is 5.05. The van der Waals surface area contributed by atoms with Gasteiger partial charge in [0, 0.05) is 18.6 Å². The number of benzene rings is 1. The van der Waals surface area contributed by atoms with Crippen molar-refractivity contribution >= 4 is 5.71 Å². The second-order valence-corrected chi connectivity index (χ2v) is 6.41. The van der Waals surface area contributed by atoms with Gasteiger partial charge in [-0.1, -0.05) is 50.6 Å². The Morgan fingerprint density at radius 3 is 2.54 bits per heavy atom. The lowest BCUT2D eigenvalue weighted by Crippen LogP contribution is -2.27. The van der Waals surface area contributed by atoms with E-state index in [4.69, 9.17) is 9.57 Å². The van der Waals surface area contributed by atoms with Crippen molar-refractivity contribution in [2.75, 3.05) is 7.11 Å². The highest BCUT2D eigenvalue weighted by molar-refractivity contribution is 6.06. The van der Waals surface area contributed by atoms with Crippen LogP contribution in [0.2, 0.25) is 0 Å². The van der Waals surface area contributed by atoms with Crippen LogP contribution >= 0.6 is 0 Å². The number of ether oxygens (including phenoxy) is 1. The highest BCUT2D eigenvalue weighted by atomic mass is 16.6. The summed E-state index contributed by atoms with van der Waals surface area (Å²) >= 11 is 0. The molecule has 0 saturated heterocycles. The van der Waals surface area contributed by atoms with Gasteiger partial charge in [0.2, 0.25) is 0 Å². The molecule has 0 radical (unpaired) electrons. The highest BCUT2D eigenvalue weighted by Gasteiger charge is 2.28. The third-order valence-electron chi connectivity index (χ3n) is 4.40. The number of nitrogens with zero attached hydrogens (tertiary/aromatic N) is 1. The summed E-state index contributed by atoms with van der Waals surface area (Å²) < 4.78 is 5.96. The molecule has 2 rings (SSSR count). The van der Waals surface area contributed by atoms with Crippen molar-refractivity contribution in [1.82, 2.24) is 0 Å². The van der Waals surface area contributed by atoms with Gasteiger partial charge in [0.1, 0.15) is 30.5 Å². The maximum absolute atomic E-state index is 10.1. The van der Waals surface area contributed by atoms with Crippen LogP contribution in [0.3, 0.4) is 0 Å². The normalized spacial score (nSPS) is 18.2. The Bertz CT molecular complexity index is 557. The highest BCUT2D eigenvalue weighted by Crippen LogP contribution is 2.39. The van der Waals surface area contributed by atoms with Crippen molar-refractivity contribution in [3.63, 3.8) is 0 Å². The average Bonchev–Trinajstić information content (AvgIpc) is 2.53. The predicted octanol–water partition coefficient (Wildman–Crippen LogP) is 4.74. The maximum Gasteiger partial charge on any atom is 0.136 e. The molecule has 2 N–H and O–H groups in total. The van der Waals surface area contributed by atoms with Gasteiger partial charge in [-0.15, -0.1) is 0 Å². The fraction of sp³-hybridized carbons (Fsp3) is 0.632. The zero-order chi connectivity index (χ0) is 17.4. The first kappa shape index (κ1) is 18.4. The minimum Gasteiger partial charge on any atom is -0.508 e. The van der Waals surface area contributed by atoms with Crippen LogP contribution < -0.4 is 4.74 Å². The lowest BCUT2D eigenvalue weighted by molar-refractivity contribution is 0.176. The van der Waals surface area contributed by atoms with Crippen LogP contribution in [0.5, 0.6) is 17.2 Å². The topological polar surface area (TPSA) is 71.3 Å². The van der Waals surface area contributed by atoms with E-state index in [2.05, 4.69) is 12.1 Å². The van der Waals surface area contributed by atoms with E-state index in [0.717, 1.165) is 12.8 Å². The van der Waals surface area contributed by atoms with Crippen LogP contribution in [-0.2, 0) is 4.84 Å². The van der Waals surface area contributed by atoms with E-state index in [1.165, 1.54) is 57.8 Å². The van der Waals surface area contributed by atoms with Crippen molar-refractivity contribution < 1.29 is 19.8 Å². The summed E-state index contributed by atoms with van der Waals surface area (Å²) in [4.78, 5) is 4.91. The molecule has 1 aliphatic heterocycles. The van der Waals surface area contributed by atoms with Crippen LogP contribution in [-0.4, -0.2) is 29.1 Å². The first-order valence-corrected chi connectivity index (χ1v) is 8.98. The Balaban J connectivity index is 1.91. The van der Waals surface area contributed by atoms with Gasteiger partial charge in [0.05, 0.1) is 11.3 Å². The van der Waals surface area contributed by atoms with Crippen LogP contribution in [0, 0.1) is 0 Å². The van der Waals surface area contributed by atoms with E-state index in [9.17, 15) is 10.2 Å². The molecule has 1 unspecified atom stereocenters. The standard InChI is InChI=1S/C19H29NO4/c1-3-4-5-6-7-8-9-10-15-13-16(20-23-2)19-17(22)11-14(21)12-18(19)24-15/h11-12,15,21-22H,3-10,13H2,1-2H3/b20-16+. The van der Waals surface area contributed by atoms with Crippen LogP contribution in [0.25, 0.3) is 0 Å². The molecule has 0 spiro atoms. The van der Waals surface area contributed by atoms with E-state index < -0.39 is 0 Å². The van der Waals surface area contributed by atoms with E-state index in [0.29, 0.717) is 23.4 Å². The maximum atomic E-state index is 10.1. The van der Waals surface area contributed by atoms with Crippen LogP contribution in [0.4, 0.5) is 0 Å². The molecular formula is C19H29NO4. The van der Waals surface area contributed by atoms with Crippen molar-refractivity contribution in [3.05, 3.63) is 17.7 Å². The first-order valence-electron chi connectivity index (χ1n) is 8.98. The van der Waals surface area contributed by atoms with E-state index in [1.807, 2.05) is 0 Å². The SMILES string of the molecule is CCCCCCCCCC1C/C(=N\OC)c2c(O)cc(O)cc2O1. The number of unbranched alkanes of at least 4 members (excludes halogenated alkanes) is 6. The quantitative estimate of drug-likeness (QED) is 0.505. The number of phenolic OH excluding ortho intramolecular Hbond substituents is 2. The van der Waals surface area contributed by atoms with E-state index in [-0.39, 0.29) is 17.6 Å². The van der Waals surface area contributed by atoms with E-state index >= 15 is 0 Å². The van der Waals surface area contributed by atoms with Crippen LogP contribution in [0.1, 0.15) is 70.3 Å². The number of hydrogen-bond acceptors (Lipinski definition) is 5. The molecule has 0 saturated carbocycles. The predicted molar refractivity (Wildman–Crippen MR) is 95.0 cm³/mol. The molecule has 5 heteroatoms. The Morgan fingerprint density at radius 1 is 1.12 bits per heavy atom. The number of phenols is 2. The van der Waals surface area contributed by atoms with Crippen molar-refractivity contribution in [2.24, 2.45) is 5.16 Å². The molecule has 1 aromatic carbocycles. The minimum atomic E-state index is -0.0322. The molecule has 0 amide bonds. The summed E-state index contributed by atoms with van der Waals surface area (Å²) in [5.41, 5.74) is 1.19. The van der Waals surface area contributed by atoms with Gasteiger partial charge >= 0.3 is 0 Å². The molecule has 0 aliphatic carbocycles. The number of hydrogen-bond donors (Lipinski definition) is 2. The molecule has 0 bridgehead atoms. The van der Waals surface area contributed by atoms with Gasteiger partial charge in [-0.05, 0) is 12.8 Å². The zero-order valence-corrected chi connectivity index (χ0v) is 14.8. The fourth-order valence-electron chi connectivity index (χ4n) is 3.19. The summed E-state index contributed by atoms with van der Waals surface area (Å²) in [7, 11) is 1.49. The lowest BCUT2D eigenvalue weighted by Gasteiger charge is -2.27. The summed E-state index contributed by atoms with van der Waals surface area (Å²) in [5, 5.41) is 23.8. The van der Waals surface area contributed by atoms with Crippen molar-refractivity contribution in [2.45, 2.75) is 70.8 Å². The molecule has 0 aromatic heterocycles. The zero-order valence-electron chi connectivity index (χ0n) is 14.8. The van der Waals surface area contributed by atoms with Crippen molar-refractivity contribution in [3.8, 4) is 17.2 Å². The second kappa shape index (κ2) is 9.40. The van der Waals surface area contributed by atoms with Gasteiger partial charge in [-0.25, -0.2) is 0 Å². The fourth-order valence-corrected chi connectivity index (χ4v) is 3.19. The molecule has 1 aromatic rings. The molecule has 1 atom stereocenters. The molecule has 5 nitrogen and oxygen atoms in total. The first-order chi connectivity index (χ1) is 11.7.